The second-order valence-electron chi connectivity index (χ2n) is 4.48. The second-order valence-corrected chi connectivity index (χ2v) is 5.56. The van der Waals surface area contributed by atoms with Crippen molar-refractivity contribution in [2.45, 2.75) is 32.8 Å². The average molecular weight is 282 g/mol. The van der Waals surface area contributed by atoms with E-state index >= 15 is 0 Å². The van der Waals surface area contributed by atoms with Gasteiger partial charge in [0.1, 0.15) is 11.3 Å². The van der Waals surface area contributed by atoms with Crippen molar-refractivity contribution in [1.82, 2.24) is 15.2 Å². The first kappa shape index (κ1) is 13.6. The summed E-state index contributed by atoms with van der Waals surface area (Å²) in [5.74, 6) is -0.317. The molecule has 1 amide bonds. The largest absolute Gasteiger partial charge is 0.415 e. The predicted octanol–water partition coefficient (Wildman–Crippen LogP) is 1.08. The first-order valence-corrected chi connectivity index (χ1v) is 6.50. The van der Waals surface area contributed by atoms with Crippen LogP contribution in [0.3, 0.4) is 0 Å². The number of thiazole rings is 1. The van der Waals surface area contributed by atoms with Crippen molar-refractivity contribution in [3.05, 3.63) is 16.5 Å². The third-order valence-corrected chi connectivity index (χ3v) is 3.57. The van der Waals surface area contributed by atoms with Gasteiger partial charge in [-0.05, 0) is 20.3 Å². The summed E-state index contributed by atoms with van der Waals surface area (Å²) >= 11 is 1.28. The van der Waals surface area contributed by atoms with Crippen molar-refractivity contribution in [3.63, 3.8) is 0 Å². The molecule has 102 valence electrons. The van der Waals surface area contributed by atoms with Gasteiger partial charge in [-0.3, -0.25) is 4.79 Å². The Labute approximate surface area is 113 Å². The second kappa shape index (κ2) is 4.71. The monoisotopic (exact) mass is 282 g/mol. The number of nitrogens with two attached hydrogens (primary N) is 1. The van der Waals surface area contributed by atoms with E-state index in [1.165, 1.54) is 11.3 Å². The fourth-order valence-corrected chi connectivity index (χ4v) is 2.36. The van der Waals surface area contributed by atoms with Crippen LogP contribution in [0.1, 0.15) is 42.0 Å². The number of primary amides is 1. The van der Waals surface area contributed by atoms with Crippen molar-refractivity contribution < 1.29 is 14.3 Å². The molecule has 0 aliphatic heterocycles. The molecule has 2 heterocycles. The normalized spacial score (nSPS) is 11.8. The molecule has 0 radical (unpaired) electrons. The van der Waals surface area contributed by atoms with E-state index in [1.807, 2.05) is 6.92 Å². The Morgan fingerprint density at radius 3 is 2.58 bits per heavy atom. The lowest BCUT2D eigenvalue weighted by atomic mass is 10.1. The van der Waals surface area contributed by atoms with Crippen LogP contribution in [-0.2, 0) is 12.0 Å². The van der Waals surface area contributed by atoms with Crippen LogP contribution in [0, 0.1) is 0 Å². The topological polar surface area (TPSA) is 115 Å². The first-order valence-electron chi connectivity index (χ1n) is 5.69. The minimum Gasteiger partial charge on any atom is -0.415 e. The van der Waals surface area contributed by atoms with Gasteiger partial charge in [0.2, 0.25) is 5.89 Å². The molecule has 0 fully saturated rings. The Balaban J connectivity index is 2.42. The molecule has 0 spiro atoms. The minimum atomic E-state index is -1.22. The molecule has 2 aromatic rings. The highest BCUT2D eigenvalue weighted by Crippen LogP contribution is 2.29. The Hall–Kier alpha value is -1.80. The maximum absolute atomic E-state index is 11.2. The predicted molar refractivity (Wildman–Crippen MR) is 68.5 cm³/mol. The van der Waals surface area contributed by atoms with E-state index in [4.69, 9.17) is 10.2 Å². The van der Waals surface area contributed by atoms with Crippen molar-refractivity contribution in [3.8, 4) is 10.9 Å². The van der Waals surface area contributed by atoms with Gasteiger partial charge in [-0.1, -0.05) is 6.92 Å². The van der Waals surface area contributed by atoms with E-state index in [1.54, 1.807) is 13.8 Å². The van der Waals surface area contributed by atoms with Gasteiger partial charge in [-0.2, -0.15) is 0 Å². The standard InChI is InChI=1S/C11H14N4O3S/c1-4-5-6(7(12)16)13-9(19-5)8-14-15-10(18-8)11(2,3)17/h17H,4H2,1-3H3,(H2,12,16). The highest BCUT2D eigenvalue weighted by atomic mass is 32.1. The molecule has 0 saturated carbocycles. The summed E-state index contributed by atoms with van der Waals surface area (Å²) in [5.41, 5.74) is 4.26. The highest BCUT2D eigenvalue weighted by Gasteiger charge is 2.26. The Kier molecular flexibility index (Phi) is 3.38. The fraction of sp³-hybridized carbons (Fsp3) is 0.455. The zero-order valence-corrected chi connectivity index (χ0v) is 11.6. The van der Waals surface area contributed by atoms with Gasteiger partial charge in [-0.25, -0.2) is 4.98 Å². The van der Waals surface area contributed by atoms with E-state index in [2.05, 4.69) is 15.2 Å². The number of aryl methyl sites for hydroxylation is 1. The Bertz CT molecular complexity index is 612. The van der Waals surface area contributed by atoms with Gasteiger partial charge < -0.3 is 15.3 Å². The van der Waals surface area contributed by atoms with Crippen LogP contribution in [0.2, 0.25) is 0 Å². The van der Waals surface area contributed by atoms with Crippen LogP contribution in [0.15, 0.2) is 4.42 Å². The van der Waals surface area contributed by atoms with E-state index in [9.17, 15) is 9.90 Å². The molecule has 0 aromatic carbocycles. The third kappa shape index (κ3) is 2.64. The number of rotatable bonds is 4. The maximum atomic E-state index is 11.2. The molecule has 0 atom stereocenters. The summed E-state index contributed by atoms with van der Waals surface area (Å²) in [6.45, 7) is 4.98. The number of hydrogen-bond acceptors (Lipinski definition) is 7. The summed E-state index contributed by atoms with van der Waals surface area (Å²) < 4.78 is 5.35. The van der Waals surface area contributed by atoms with E-state index < -0.39 is 11.5 Å². The average Bonchev–Trinajstić information content (AvgIpc) is 2.94. The quantitative estimate of drug-likeness (QED) is 0.867. The smallest absolute Gasteiger partial charge is 0.276 e. The first-order chi connectivity index (χ1) is 8.82. The lowest BCUT2D eigenvalue weighted by Crippen LogP contribution is -2.15. The van der Waals surface area contributed by atoms with Crippen LogP contribution in [0.25, 0.3) is 10.9 Å². The number of hydrogen-bond donors (Lipinski definition) is 2. The highest BCUT2D eigenvalue weighted by molar-refractivity contribution is 7.15. The summed E-state index contributed by atoms with van der Waals surface area (Å²) in [6, 6.07) is 0. The molecular weight excluding hydrogens is 268 g/mol. The van der Waals surface area contributed by atoms with Gasteiger partial charge in [0.25, 0.3) is 11.8 Å². The molecular formula is C11H14N4O3S. The van der Waals surface area contributed by atoms with E-state index in [0.717, 1.165) is 4.88 Å². The Morgan fingerprint density at radius 1 is 1.47 bits per heavy atom. The van der Waals surface area contributed by atoms with Crippen LogP contribution >= 0.6 is 11.3 Å². The number of aromatic nitrogens is 3. The molecule has 7 nitrogen and oxygen atoms in total. The number of nitrogens with zero attached hydrogens (tertiary/aromatic N) is 3. The number of aliphatic hydroxyl groups is 1. The lowest BCUT2D eigenvalue weighted by Gasteiger charge is -2.09. The number of amides is 1. The van der Waals surface area contributed by atoms with Gasteiger partial charge in [0, 0.05) is 4.88 Å². The van der Waals surface area contributed by atoms with Gasteiger partial charge in [-0.15, -0.1) is 21.5 Å². The molecule has 19 heavy (non-hydrogen) atoms. The minimum absolute atomic E-state index is 0.0939. The van der Waals surface area contributed by atoms with Crippen molar-refractivity contribution in [2.24, 2.45) is 5.73 Å². The lowest BCUT2D eigenvalue weighted by molar-refractivity contribution is 0.0488. The van der Waals surface area contributed by atoms with E-state index in [0.29, 0.717) is 11.4 Å². The van der Waals surface area contributed by atoms with Crippen LogP contribution in [-0.4, -0.2) is 26.2 Å². The van der Waals surface area contributed by atoms with Crippen molar-refractivity contribution >= 4 is 17.2 Å². The van der Waals surface area contributed by atoms with Crippen LogP contribution < -0.4 is 5.73 Å². The molecule has 0 aliphatic rings. The summed E-state index contributed by atoms with van der Waals surface area (Å²) in [7, 11) is 0. The van der Waals surface area contributed by atoms with Crippen molar-refractivity contribution in [2.75, 3.05) is 0 Å². The number of carbonyl (C=O) groups excluding carboxylic acids is 1. The SMILES string of the molecule is CCc1sc(-c2nnc(C(C)(C)O)o2)nc1C(N)=O. The maximum Gasteiger partial charge on any atom is 0.276 e. The van der Waals surface area contributed by atoms with Gasteiger partial charge >= 0.3 is 0 Å². The summed E-state index contributed by atoms with van der Waals surface area (Å²) in [5, 5.41) is 17.8. The van der Waals surface area contributed by atoms with Gasteiger partial charge in [0.15, 0.2) is 5.01 Å². The fourth-order valence-electron chi connectivity index (χ4n) is 1.43. The molecule has 2 aromatic heterocycles. The van der Waals surface area contributed by atoms with Crippen molar-refractivity contribution in [1.29, 1.82) is 0 Å². The molecule has 2 rings (SSSR count). The van der Waals surface area contributed by atoms with E-state index in [-0.39, 0.29) is 17.5 Å². The van der Waals surface area contributed by atoms with Crippen LogP contribution in [0.4, 0.5) is 0 Å². The van der Waals surface area contributed by atoms with Crippen LogP contribution in [0.5, 0.6) is 0 Å². The molecule has 0 bridgehead atoms. The zero-order chi connectivity index (χ0) is 14.2. The zero-order valence-electron chi connectivity index (χ0n) is 10.8. The number of carbonyl (C=O) groups is 1. The summed E-state index contributed by atoms with van der Waals surface area (Å²) in [4.78, 5) is 16.1. The molecule has 0 saturated heterocycles. The molecule has 0 aliphatic carbocycles. The molecule has 0 unspecified atom stereocenters. The third-order valence-electron chi connectivity index (χ3n) is 2.38. The summed E-state index contributed by atoms with van der Waals surface area (Å²) in [6.07, 6.45) is 0.641. The molecule has 3 N–H and O–H groups in total. The molecule has 8 heteroatoms. The van der Waals surface area contributed by atoms with Gasteiger partial charge in [0.05, 0.1) is 0 Å². The Morgan fingerprint density at radius 2 is 2.16 bits per heavy atom.